The summed E-state index contributed by atoms with van der Waals surface area (Å²) in [7, 11) is 1.10. The van der Waals surface area contributed by atoms with E-state index in [4.69, 9.17) is 0 Å². The summed E-state index contributed by atoms with van der Waals surface area (Å²) in [5, 5.41) is 2.88. The highest BCUT2D eigenvalue weighted by Gasteiger charge is 2.63. The minimum Gasteiger partial charge on any atom is -0.337 e. The molecule has 1 rings (SSSR count). The van der Waals surface area contributed by atoms with Crippen LogP contribution in [0.4, 0.5) is 22.0 Å². The van der Waals surface area contributed by atoms with Crippen LogP contribution < -0.4 is 5.43 Å². The van der Waals surface area contributed by atoms with Gasteiger partial charge in [-0.3, -0.25) is 5.43 Å². The molecule has 0 atom stereocenters. The number of nitrogens with one attached hydrogen (secondary N) is 1. The Morgan fingerprint density at radius 2 is 1.85 bits per heavy atom. The zero-order valence-electron chi connectivity index (χ0n) is 6.49. The molecule has 1 aliphatic heterocycles. The van der Waals surface area contributed by atoms with E-state index in [9.17, 15) is 22.0 Å². The second kappa shape index (κ2) is 2.71. The molecule has 0 unspecified atom stereocenters. The smallest absolute Gasteiger partial charge is 0.337 e. The van der Waals surface area contributed by atoms with Crippen LogP contribution in [0.1, 0.15) is 0 Å². The van der Waals surface area contributed by atoms with Crippen molar-refractivity contribution in [1.82, 2.24) is 10.3 Å². The van der Waals surface area contributed by atoms with Crippen molar-refractivity contribution < 1.29 is 22.0 Å². The van der Waals surface area contributed by atoms with E-state index < -0.39 is 17.9 Å². The number of hydrazone groups is 1. The third kappa shape index (κ3) is 1.52. The fourth-order valence-electron chi connectivity index (χ4n) is 0.813. The Morgan fingerprint density at radius 1 is 1.31 bits per heavy atom. The van der Waals surface area contributed by atoms with Crippen molar-refractivity contribution in [2.45, 2.75) is 12.1 Å². The van der Waals surface area contributed by atoms with E-state index in [1.165, 1.54) is 0 Å². The predicted octanol–water partition coefficient (Wildman–Crippen LogP) is 0.990. The molecule has 0 saturated carbocycles. The van der Waals surface area contributed by atoms with Gasteiger partial charge in [0.05, 0.1) is 0 Å². The molecule has 0 saturated heterocycles. The minimum absolute atomic E-state index is 0.152. The van der Waals surface area contributed by atoms with Gasteiger partial charge in [-0.05, 0) is 0 Å². The summed E-state index contributed by atoms with van der Waals surface area (Å²) < 4.78 is 60.4. The van der Waals surface area contributed by atoms with Crippen molar-refractivity contribution in [3.63, 3.8) is 0 Å². The molecule has 0 aliphatic carbocycles. The van der Waals surface area contributed by atoms with Crippen molar-refractivity contribution in [1.29, 1.82) is 0 Å². The first-order chi connectivity index (χ1) is 5.77. The van der Waals surface area contributed by atoms with Crippen LogP contribution in [0.15, 0.2) is 5.10 Å². The zero-order valence-corrected chi connectivity index (χ0v) is 6.49. The van der Waals surface area contributed by atoms with Crippen LogP contribution in [-0.4, -0.2) is 36.6 Å². The molecule has 3 nitrogen and oxygen atoms in total. The maximum Gasteiger partial charge on any atom is 0.461 e. The van der Waals surface area contributed by atoms with Crippen molar-refractivity contribution in [3.05, 3.63) is 0 Å². The number of hydrogen-bond acceptors (Lipinski definition) is 3. The normalized spacial score (nSPS) is 18.6. The molecule has 1 N–H and O–H groups in total. The highest BCUT2D eigenvalue weighted by Crippen LogP contribution is 2.37. The number of rotatable bonds is 1. The Balaban J connectivity index is 2.93. The Kier molecular flexibility index (Phi) is 2.08. The molecule has 13 heavy (non-hydrogen) atoms. The Morgan fingerprint density at radius 3 is 2.15 bits per heavy atom. The van der Waals surface area contributed by atoms with Gasteiger partial charge in [0.15, 0.2) is 0 Å². The fourth-order valence-corrected chi connectivity index (χ4v) is 0.813. The van der Waals surface area contributed by atoms with E-state index in [0.29, 0.717) is 4.90 Å². The molecule has 0 bridgehead atoms. The average molecular weight is 203 g/mol. The van der Waals surface area contributed by atoms with Gasteiger partial charge >= 0.3 is 12.1 Å². The Hall–Kier alpha value is -1.08. The van der Waals surface area contributed by atoms with E-state index in [0.717, 1.165) is 7.05 Å². The first-order valence-corrected chi connectivity index (χ1v) is 3.23. The van der Waals surface area contributed by atoms with E-state index in [1.807, 2.05) is 5.43 Å². The molecule has 0 fully saturated rings. The van der Waals surface area contributed by atoms with Crippen LogP contribution in [0.5, 0.6) is 0 Å². The van der Waals surface area contributed by atoms with Gasteiger partial charge < -0.3 is 4.90 Å². The molecule has 76 valence electrons. The Labute approximate surface area is 70.2 Å². The second-order valence-corrected chi connectivity index (χ2v) is 2.52. The van der Waals surface area contributed by atoms with Crippen LogP contribution in [0.3, 0.4) is 0 Å². The van der Waals surface area contributed by atoms with E-state index in [1.54, 1.807) is 0 Å². The lowest BCUT2D eigenvalue weighted by Crippen LogP contribution is -2.49. The van der Waals surface area contributed by atoms with Gasteiger partial charge in [-0.1, -0.05) is 0 Å². The van der Waals surface area contributed by atoms with Gasteiger partial charge in [0.25, 0.3) is 0 Å². The number of nitrogens with zero attached hydrogens (tertiary/aromatic N) is 2. The molecule has 8 heteroatoms. The van der Waals surface area contributed by atoms with Gasteiger partial charge in [-0.25, -0.2) is 0 Å². The molecule has 0 radical (unpaired) electrons. The van der Waals surface area contributed by atoms with E-state index >= 15 is 0 Å². The summed E-state index contributed by atoms with van der Waals surface area (Å²) in [5.74, 6) is -6.20. The quantitative estimate of drug-likeness (QED) is 0.643. The van der Waals surface area contributed by atoms with Gasteiger partial charge in [-0.15, -0.1) is 0 Å². The molecule has 0 amide bonds. The predicted molar refractivity (Wildman–Crippen MR) is 34.2 cm³/mol. The monoisotopic (exact) mass is 203 g/mol. The number of hydrogen-bond donors (Lipinski definition) is 1. The van der Waals surface area contributed by atoms with Gasteiger partial charge in [0, 0.05) is 7.05 Å². The molecule has 0 aromatic carbocycles. The number of amidine groups is 1. The molecule has 0 aromatic rings. The fraction of sp³-hybridized carbons (Fsp3) is 0.800. The topological polar surface area (TPSA) is 27.6 Å². The summed E-state index contributed by atoms with van der Waals surface area (Å²) in [4.78, 5) is 0.702. The van der Waals surface area contributed by atoms with Gasteiger partial charge in [0.2, 0.25) is 5.84 Å². The van der Waals surface area contributed by atoms with Crippen molar-refractivity contribution >= 4 is 5.84 Å². The average Bonchev–Trinajstić information content (AvgIpc) is 2.32. The lowest BCUT2D eigenvalue weighted by atomic mass is 10.3. The van der Waals surface area contributed by atoms with Crippen molar-refractivity contribution in [2.24, 2.45) is 5.10 Å². The SMILES string of the molecule is CN1CNN=C1C(F)(F)C(F)(F)F. The lowest BCUT2D eigenvalue weighted by Gasteiger charge is -2.23. The Bertz CT molecular complexity index is 233. The van der Waals surface area contributed by atoms with E-state index in [-0.39, 0.29) is 6.67 Å². The minimum atomic E-state index is -5.61. The van der Waals surface area contributed by atoms with Crippen LogP contribution in [0.25, 0.3) is 0 Å². The first kappa shape index (κ1) is 10.0. The van der Waals surface area contributed by atoms with Gasteiger partial charge in [0.1, 0.15) is 6.67 Å². The zero-order chi connectivity index (χ0) is 10.3. The maximum absolute atomic E-state index is 12.5. The van der Waals surface area contributed by atoms with Crippen molar-refractivity contribution in [3.8, 4) is 0 Å². The highest BCUT2D eigenvalue weighted by molar-refractivity contribution is 5.90. The number of alkyl halides is 5. The van der Waals surface area contributed by atoms with E-state index in [2.05, 4.69) is 5.10 Å². The molecule has 0 aromatic heterocycles. The number of halogens is 5. The third-order valence-corrected chi connectivity index (χ3v) is 1.49. The second-order valence-electron chi connectivity index (χ2n) is 2.52. The summed E-state index contributed by atoms with van der Waals surface area (Å²) in [6.45, 7) is -0.152. The molecule has 1 aliphatic rings. The third-order valence-electron chi connectivity index (χ3n) is 1.49. The summed E-state index contributed by atoms with van der Waals surface area (Å²) in [6, 6.07) is 0. The van der Waals surface area contributed by atoms with Crippen LogP contribution in [0, 0.1) is 0 Å². The maximum atomic E-state index is 12.5. The molecule has 1 heterocycles. The van der Waals surface area contributed by atoms with Gasteiger partial charge in [-0.2, -0.15) is 27.1 Å². The van der Waals surface area contributed by atoms with Crippen LogP contribution in [-0.2, 0) is 0 Å². The highest BCUT2D eigenvalue weighted by atomic mass is 19.4. The van der Waals surface area contributed by atoms with Crippen LogP contribution >= 0.6 is 0 Å². The summed E-state index contributed by atoms with van der Waals surface area (Å²) >= 11 is 0. The van der Waals surface area contributed by atoms with Crippen molar-refractivity contribution in [2.75, 3.05) is 13.7 Å². The molecular formula is C5H6F5N3. The lowest BCUT2D eigenvalue weighted by molar-refractivity contribution is -0.251. The standard InChI is InChI=1S/C5H6F5N3/c1-13-2-11-12-3(13)4(6,7)5(8,9)10/h11H,2H2,1H3. The summed E-state index contributed by atoms with van der Waals surface area (Å²) in [5.41, 5.74) is 2.03. The van der Waals surface area contributed by atoms with Crippen LogP contribution in [0.2, 0.25) is 0 Å². The summed E-state index contributed by atoms with van der Waals surface area (Å²) in [6.07, 6.45) is -5.61. The largest absolute Gasteiger partial charge is 0.461 e. The molecular weight excluding hydrogens is 197 g/mol. The first-order valence-electron chi connectivity index (χ1n) is 3.23. The molecule has 0 spiro atoms.